The van der Waals surface area contributed by atoms with E-state index in [1.54, 1.807) is 12.1 Å². The lowest BCUT2D eigenvalue weighted by Crippen LogP contribution is -2.21. The van der Waals surface area contributed by atoms with Gasteiger partial charge < -0.3 is 10.1 Å². The molecule has 0 fully saturated rings. The molecule has 1 amide bonds. The molecule has 9 heteroatoms. The van der Waals surface area contributed by atoms with E-state index in [4.69, 9.17) is 21.5 Å². The average Bonchev–Trinajstić information content (AvgIpc) is 2.66. The van der Waals surface area contributed by atoms with Crippen LogP contribution in [0.4, 0.5) is 5.69 Å². The summed E-state index contributed by atoms with van der Waals surface area (Å²) in [6.45, 7) is -0.546. The fourth-order valence-corrected chi connectivity index (χ4v) is 3.65. The Bertz CT molecular complexity index is 1170. The van der Waals surface area contributed by atoms with E-state index in [1.165, 1.54) is 12.1 Å². The van der Waals surface area contributed by atoms with Gasteiger partial charge in [0.1, 0.15) is 4.90 Å². The number of nitrogens with two attached hydrogens (primary N) is 1. The maximum Gasteiger partial charge on any atom is 0.338 e. The lowest BCUT2D eigenvalue weighted by molar-refractivity contribution is -0.119. The van der Waals surface area contributed by atoms with E-state index in [9.17, 15) is 18.0 Å². The SMILES string of the molecule is NS(=O)(=O)c1cc(C(=O)OCC(=O)Nc2cccc3ccccc23)ccc1Cl. The molecule has 0 radical (unpaired) electrons. The topological polar surface area (TPSA) is 116 Å². The van der Waals surface area contributed by atoms with Crippen LogP contribution in [0.25, 0.3) is 10.8 Å². The van der Waals surface area contributed by atoms with Crippen molar-refractivity contribution in [3.8, 4) is 0 Å². The summed E-state index contributed by atoms with van der Waals surface area (Å²) in [5.41, 5.74) is 0.494. The number of fused-ring (bicyclic) bond motifs is 1. The molecule has 0 aliphatic rings. The number of benzene rings is 3. The first-order valence-electron chi connectivity index (χ1n) is 8.03. The Kier molecular flexibility index (Phi) is 5.64. The number of hydrogen-bond donors (Lipinski definition) is 2. The lowest BCUT2D eigenvalue weighted by atomic mass is 10.1. The predicted molar refractivity (Wildman–Crippen MR) is 106 cm³/mol. The number of hydrogen-bond acceptors (Lipinski definition) is 5. The third-order valence-corrected chi connectivity index (χ3v) is 5.26. The first-order chi connectivity index (χ1) is 13.3. The van der Waals surface area contributed by atoms with Crippen LogP contribution in [0.15, 0.2) is 65.6 Å². The first-order valence-corrected chi connectivity index (χ1v) is 9.95. The second kappa shape index (κ2) is 7.97. The number of sulfonamides is 1. The first kappa shape index (κ1) is 19.8. The van der Waals surface area contributed by atoms with E-state index in [1.807, 2.05) is 30.3 Å². The fourth-order valence-electron chi connectivity index (χ4n) is 2.58. The minimum absolute atomic E-state index is 0.0913. The van der Waals surface area contributed by atoms with Gasteiger partial charge in [-0.25, -0.2) is 18.4 Å². The summed E-state index contributed by atoms with van der Waals surface area (Å²) in [5.74, 6) is -1.42. The highest BCUT2D eigenvalue weighted by molar-refractivity contribution is 7.89. The van der Waals surface area contributed by atoms with Crippen LogP contribution in [-0.4, -0.2) is 26.9 Å². The number of carbonyl (C=O) groups is 2. The summed E-state index contributed by atoms with van der Waals surface area (Å²) in [6, 6.07) is 16.5. The maximum absolute atomic E-state index is 12.1. The van der Waals surface area contributed by atoms with Gasteiger partial charge in [0.25, 0.3) is 5.91 Å². The lowest BCUT2D eigenvalue weighted by Gasteiger charge is -2.10. The monoisotopic (exact) mass is 418 g/mol. The Morgan fingerprint density at radius 3 is 2.50 bits per heavy atom. The van der Waals surface area contributed by atoms with Crippen LogP contribution >= 0.6 is 11.6 Å². The fraction of sp³-hybridized carbons (Fsp3) is 0.0526. The summed E-state index contributed by atoms with van der Waals surface area (Å²) in [4.78, 5) is 23.9. The van der Waals surface area contributed by atoms with Crippen molar-refractivity contribution in [2.24, 2.45) is 5.14 Å². The molecule has 3 N–H and O–H groups in total. The molecule has 3 aromatic carbocycles. The molecule has 0 aliphatic heterocycles. The highest BCUT2D eigenvalue weighted by Crippen LogP contribution is 2.23. The number of anilines is 1. The number of primary sulfonamides is 1. The van der Waals surface area contributed by atoms with Crippen LogP contribution in [-0.2, 0) is 19.6 Å². The number of ether oxygens (including phenoxy) is 1. The average molecular weight is 419 g/mol. The Labute approximate surface area is 166 Å². The zero-order valence-electron chi connectivity index (χ0n) is 14.4. The summed E-state index contributed by atoms with van der Waals surface area (Å²) in [5, 5.41) is 9.42. The van der Waals surface area contributed by atoms with Gasteiger partial charge in [0, 0.05) is 11.1 Å². The molecule has 0 saturated carbocycles. The van der Waals surface area contributed by atoms with Crippen molar-refractivity contribution in [2.45, 2.75) is 4.90 Å². The van der Waals surface area contributed by atoms with Gasteiger partial charge >= 0.3 is 5.97 Å². The van der Waals surface area contributed by atoms with E-state index >= 15 is 0 Å². The van der Waals surface area contributed by atoms with Gasteiger partial charge in [0.05, 0.1) is 10.6 Å². The largest absolute Gasteiger partial charge is 0.452 e. The number of carbonyl (C=O) groups excluding carboxylic acids is 2. The minimum atomic E-state index is -4.10. The van der Waals surface area contributed by atoms with Gasteiger partial charge in [0.15, 0.2) is 6.61 Å². The van der Waals surface area contributed by atoms with Crippen molar-refractivity contribution in [1.29, 1.82) is 0 Å². The number of halogens is 1. The standard InChI is InChI=1S/C19H15ClN2O5S/c20-15-9-8-13(10-17(15)28(21,25)26)19(24)27-11-18(23)22-16-7-3-5-12-4-1-2-6-14(12)16/h1-10H,11H2,(H,22,23)(H2,21,25,26). The second-order valence-electron chi connectivity index (χ2n) is 5.84. The summed E-state index contributed by atoms with van der Waals surface area (Å²) < 4.78 is 27.9. The molecule has 0 saturated heterocycles. The molecule has 0 aromatic heterocycles. The molecular formula is C19H15ClN2O5S. The van der Waals surface area contributed by atoms with Crippen LogP contribution in [0.5, 0.6) is 0 Å². The summed E-state index contributed by atoms with van der Waals surface area (Å²) in [7, 11) is -4.10. The maximum atomic E-state index is 12.1. The smallest absolute Gasteiger partial charge is 0.338 e. The van der Waals surface area contributed by atoms with Crippen molar-refractivity contribution in [3.05, 3.63) is 71.2 Å². The van der Waals surface area contributed by atoms with Crippen LogP contribution < -0.4 is 10.5 Å². The Morgan fingerprint density at radius 1 is 1.04 bits per heavy atom. The molecule has 0 aliphatic carbocycles. The van der Waals surface area contributed by atoms with Crippen LogP contribution in [0.2, 0.25) is 5.02 Å². The van der Waals surface area contributed by atoms with Gasteiger partial charge in [-0.1, -0.05) is 48.0 Å². The molecule has 28 heavy (non-hydrogen) atoms. The number of esters is 1. The van der Waals surface area contributed by atoms with E-state index < -0.39 is 33.4 Å². The van der Waals surface area contributed by atoms with Crippen molar-refractivity contribution in [1.82, 2.24) is 0 Å². The highest BCUT2D eigenvalue weighted by Gasteiger charge is 2.18. The third kappa shape index (κ3) is 4.48. The zero-order valence-corrected chi connectivity index (χ0v) is 16.0. The molecule has 3 aromatic rings. The third-order valence-electron chi connectivity index (χ3n) is 3.87. The molecule has 3 rings (SSSR count). The zero-order chi connectivity index (χ0) is 20.3. The van der Waals surface area contributed by atoms with Gasteiger partial charge in [-0.2, -0.15) is 0 Å². The molecule has 0 atom stereocenters. The van der Waals surface area contributed by atoms with Crippen molar-refractivity contribution < 1.29 is 22.7 Å². The van der Waals surface area contributed by atoms with E-state index in [2.05, 4.69) is 5.32 Å². The van der Waals surface area contributed by atoms with E-state index in [0.717, 1.165) is 16.8 Å². The molecule has 0 heterocycles. The van der Waals surface area contributed by atoms with Crippen LogP contribution in [0.3, 0.4) is 0 Å². The molecule has 7 nitrogen and oxygen atoms in total. The van der Waals surface area contributed by atoms with Crippen molar-refractivity contribution >= 4 is 50.0 Å². The molecule has 144 valence electrons. The highest BCUT2D eigenvalue weighted by atomic mass is 35.5. The quantitative estimate of drug-likeness (QED) is 0.618. The van der Waals surface area contributed by atoms with Gasteiger partial charge in [0.2, 0.25) is 10.0 Å². The normalized spacial score (nSPS) is 11.2. The summed E-state index contributed by atoms with van der Waals surface area (Å²) >= 11 is 5.78. The number of amides is 1. The van der Waals surface area contributed by atoms with Gasteiger partial charge in [-0.05, 0) is 29.7 Å². The minimum Gasteiger partial charge on any atom is -0.452 e. The molecular weight excluding hydrogens is 404 g/mol. The van der Waals surface area contributed by atoms with Gasteiger partial charge in [-0.15, -0.1) is 0 Å². The molecule has 0 spiro atoms. The van der Waals surface area contributed by atoms with Gasteiger partial charge in [-0.3, -0.25) is 4.79 Å². The summed E-state index contributed by atoms with van der Waals surface area (Å²) in [6.07, 6.45) is 0. The number of rotatable bonds is 5. The van der Waals surface area contributed by atoms with E-state index in [-0.39, 0.29) is 10.6 Å². The second-order valence-corrected chi connectivity index (χ2v) is 7.78. The van der Waals surface area contributed by atoms with Crippen molar-refractivity contribution in [2.75, 3.05) is 11.9 Å². The number of nitrogens with one attached hydrogen (secondary N) is 1. The van der Waals surface area contributed by atoms with Crippen molar-refractivity contribution in [3.63, 3.8) is 0 Å². The van der Waals surface area contributed by atoms with E-state index in [0.29, 0.717) is 5.69 Å². The Morgan fingerprint density at radius 2 is 1.75 bits per heavy atom. The Balaban J connectivity index is 1.69. The predicted octanol–water partition coefficient (Wildman–Crippen LogP) is 2.94. The molecule has 0 unspecified atom stereocenters. The van der Waals surface area contributed by atoms with Crippen LogP contribution in [0, 0.1) is 0 Å². The Hall–Kier alpha value is -2.94. The van der Waals surface area contributed by atoms with Crippen LogP contribution in [0.1, 0.15) is 10.4 Å². The molecule has 0 bridgehead atoms.